The molecule has 5 heteroatoms. The van der Waals surface area contributed by atoms with E-state index in [-0.39, 0.29) is 18.5 Å². The Kier molecular flexibility index (Phi) is 5.87. The van der Waals surface area contributed by atoms with Crippen LogP contribution in [-0.2, 0) is 12.6 Å². The third kappa shape index (κ3) is 4.40. The molecule has 2 nitrogen and oxygen atoms in total. The van der Waals surface area contributed by atoms with E-state index in [1.54, 1.807) is 6.07 Å². The van der Waals surface area contributed by atoms with Crippen LogP contribution in [0.5, 0.6) is 0 Å². The quantitative estimate of drug-likeness (QED) is 0.865. The molecule has 0 saturated carbocycles. The maximum atomic E-state index is 13.1. The fourth-order valence-electron chi connectivity index (χ4n) is 2.14. The molecular weight excluding hydrogens is 265 g/mol. The number of rotatable bonds is 6. The first-order valence-corrected chi connectivity index (χ1v) is 6.90. The molecule has 1 rings (SSSR count). The van der Waals surface area contributed by atoms with Crippen LogP contribution >= 0.6 is 0 Å². The predicted octanol–water partition coefficient (Wildman–Crippen LogP) is 3.69. The normalized spacial score (nSPS) is 13.3. The van der Waals surface area contributed by atoms with Gasteiger partial charge in [0.25, 0.3) is 0 Å². The number of benzene rings is 1. The molecule has 0 aliphatic heterocycles. The fourth-order valence-corrected chi connectivity index (χ4v) is 2.14. The van der Waals surface area contributed by atoms with Crippen LogP contribution in [0.2, 0.25) is 0 Å². The van der Waals surface area contributed by atoms with Crippen molar-refractivity contribution in [3.05, 3.63) is 29.3 Å². The van der Waals surface area contributed by atoms with Gasteiger partial charge in [0.2, 0.25) is 0 Å². The van der Waals surface area contributed by atoms with Gasteiger partial charge in [0, 0.05) is 19.3 Å². The monoisotopic (exact) mass is 288 g/mol. The van der Waals surface area contributed by atoms with Crippen LogP contribution in [0.3, 0.4) is 0 Å². The third-order valence-electron chi connectivity index (χ3n) is 3.54. The minimum atomic E-state index is -4.34. The molecule has 114 valence electrons. The molecule has 0 aliphatic rings. The van der Waals surface area contributed by atoms with E-state index in [1.807, 2.05) is 11.9 Å². The number of hydrogen-bond acceptors (Lipinski definition) is 2. The molecule has 1 unspecified atom stereocenters. The lowest BCUT2D eigenvalue weighted by Gasteiger charge is -2.24. The molecule has 20 heavy (non-hydrogen) atoms. The highest BCUT2D eigenvalue weighted by Gasteiger charge is 2.33. The molecule has 0 saturated heterocycles. The van der Waals surface area contributed by atoms with Gasteiger partial charge in [-0.15, -0.1) is 0 Å². The van der Waals surface area contributed by atoms with Crippen molar-refractivity contribution in [2.45, 2.75) is 32.9 Å². The van der Waals surface area contributed by atoms with E-state index >= 15 is 0 Å². The molecule has 0 heterocycles. The average molecular weight is 288 g/mol. The maximum Gasteiger partial charge on any atom is 0.416 e. The van der Waals surface area contributed by atoms with Gasteiger partial charge in [0.05, 0.1) is 5.56 Å². The first kappa shape index (κ1) is 16.8. The van der Waals surface area contributed by atoms with Crippen molar-refractivity contribution >= 4 is 5.69 Å². The van der Waals surface area contributed by atoms with Crippen molar-refractivity contribution in [2.75, 3.05) is 25.0 Å². The Labute approximate surface area is 118 Å². The van der Waals surface area contributed by atoms with Crippen LogP contribution < -0.4 is 10.6 Å². The van der Waals surface area contributed by atoms with Gasteiger partial charge in [-0.2, -0.15) is 13.2 Å². The van der Waals surface area contributed by atoms with Crippen LogP contribution in [0.25, 0.3) is 0 Å². The van der Waals surface area contributed by atoms with Crippen LogP contribution in [0.4, 0.5) is 18.9 Å². The van der Waals surface area contributed by atoms with E-state index in [4.69, 9.17) is 5.73 Å². The van der Waals surface area contributed by atoms with Crippen LogP contribution in [0, 0.1) is 5.92 Å². The maximum absolute atomic E-state index is 13.1. The first-order chi connectivity index (χ1) is 9.29. The zero-order chi connectivity index (χ0) is 15.3. The van der Waals surface area contributed by atoms with Crippen molar-refractivity contribution in [2.24, 2.45) is 11.7 Å². The van der Waals surface area contributed by atoms with Gasteiger partial charge in [-0.05, 0) is 36.6 Å². The summed E-state index contributed by atoms with van der Waals surface area (Å²) in [6.07, 6.45) is -3.09. The largest absolute Gasteiger partial charge is 0.416 e. The van der Waals surface area contributed by atoms with Crippen molar-refractivity contribution < 1.29 is 13.2 Å². The number of alkyl halides is 3. The van der Waals surface area contributed by atoms with Crippen molar-refractivity contribution in [3.63, 3.8) is 0 Å². The number of hydrogen-bond donors (Lipinski definition) is 1. The lowest BCUT2D eigenvalue weighted by atomic mass is 10.0. The molecule has 1 aromatic carbocycles. The van der Waals surface area contributed by atoms with Gasteiger partial charge >= 0.3 is 6.18 Å². The Morgan fingerprint density at radius 2 is 1.95 bits per heavy atom. The molecule has 1 aromatic rings. The molecule has 0 fully saturated rings. The van der Waals surface area contributed by atoms with E-state index in [2.05, 4.69) is 13.8 Å². The standard InChI is InChI=1S/C15H23F3N2/c1-4-11(2)10-20(3)13-6-5-12(7-8-19)14(9-13)15(16,17)18/h5-6,9,11H,4,7-8,10,19H2,1-3H3. The number of halogens is 3. The van der Waals surface area contributed by atoms with Crippen molar-refractivity contribution in [3.8, 4) is 0 Å². The second-order valence-corrected chi connectivity index (χ2v) is 5.27. The van der Waals surface area contributed by atoms with E-state index in [0.29, 0.717) is 11.6 Å². The zero-order valence-electron chi connectivity index (χ0n) is 12.3. The van der Waals surface area contributed by atoms with Gasteiger partial charge < -0.3 is 10.6 Å². The Morgan fingerprint density at radius 3 is 2.45 bits per heavy atom. The summed E-state index contributed by atoms with van der Waals surface area (Å²) in [5, 5.41) is 0. The number of nitrogens with zero attached hydrogens (tertiary/aromatic N) is 1. The van der Waals surface area contributed by atoms with Gasteiger partial charge in [0.1, 0.15) is 0 Å². The topological polar surface area (TPSA) is 29.3 Å². The Balaban J connectivity index is 3.06. The molecule has 0 spiro atoms. The SMILES string of the molecule is CCC(C)CN(C)c1ccc(CCN)c(C(F)(F)F)c1. The van der Waals surface area contributed by atoms with Crippen LogP contribution in [0.1, 0.15) is 31.4 Å². The molecule has 2 N–H and O–H groups in total. The summed E-state index contributed by atoms with van der Waals surface area (Å²) in [4.78, 5) is 1.87. The van der Waals surface area contributed by atoms with Gasteiger partial charge in [-0.1, -0.05) is 26.3 Å². The summed E-state index contributed by atoms with van der Waals surface area (Å²) < 4.78 is 39.3. The summed E-state index contributed by atoms with van der Waals surface area (Å²) in [5.41, 5.74) is 5.66. The van der Waals surface area contributed by atoms with E-state index in [0.717, 1.165) is 13.0 Å². The highest BCUT2D eigenvalue weighted by Crippen LogP contribution is 2.34. The van der Waals surface area contributed by atoms with E-state index in [1.165, 1.54) is 12.1 Å². The van der Waals surface area contributed by atoms with Crippen LogP contribution in [-0.4, -0.2) is 20.1 Å². The molecule has 0 radical (unpaired) electrons. The zero-order valence-corrected chi connectivity index (χ0v) is 12.3. The predicted molar refractivity (Wildman–Crippen MR) is 76.9 cm³/mol. The summed E-state index contributed by atoms with van der Waals surface area (Å²) >= 11 is 0. The first-order valence-electron chi connectivity index (χ1n) is 6.90. The summed E-state index contributed by atoms with van der Waals surface area (Å²) in [6.45, 7) is 5.11. The van der Waals surface area contributed by atoms with E-state index in [9.17, 15) is 13.2 Å². The second-order valence-electron chi connectivity index (χ2n) is 5.27. The summed E-state index contributed by atoms with van der Waals surface area (Å²) in [6, 6.07) is 4.51. The smallest absolute Gasteiger partial charge is 0.374 e. The molecule has 0 bridgehead atoms. The Morgan fingerprint density at radius 1 is 1.30 bits per heavy atom. The van der Waals surface area contributed by atoms with Gasteiger partial charge in [0.15, 0.2) is 0 Å². The molecule has 1 atom stereocenters. The number of nitrogens with two attached hydrogens (primary N) is 1. The van der Waals surface area contributed by atoms with Crippen molar-refractivity contribution in [1.82, 2.24) is 0 Å². The second kappa shape index (κ2) is 6.97. The van der Waals surface area contributed by atoms with E-state index < -0.39 is 11.7 Å². The number of anilines is 1. The summed E-state index contributed by atoms with van der Waals surface area (Å²) in [7, 11) is 1.82. The van der Waals surface area contributed by atoms with Gasteiger partial charge in [-0.3, -0.25) is 0 Å². The lowest BCUT2D eigenvalue weighted by Crippen LogP contribution is -2.24. The highest BCUT2D eigenvalue weighted by atomic mass is 19.4. The average Bonchev–Trinajstić information content (AvgIpc) is 2.38. The van der Waals surface area contributed by atoms with Crippen LogP contribution in [0.15, 0.2) is 18.2 Å². The molecule has 0 amide bonds. The highest BCUT2D eigenvalue weighted by molar-refractivity contribution is 5.51. The minimum Gasteiger partial charge on any atom is -0.374 e. The molecular formula is C15H23F3N2. The third-order valence-corrected chi connectivity index (χ3v) is 3.54. The summed E-state index contributed by atoms with van der Waals surface area (Å²) in [5.74, 6) is 0.443. The molecule has 0 aromatic heterocycles. The van der Waals surface area contributed by atoms with Crippen molar-refractivity contribution in [1.29, 1.82) is 0 Å². The Hall–Kier alpha value is -1.23. The lowest BCUT2D eigenvalue weighted by molar-refractivity contribution is -0.138. The fraction of sp³-hybridized carbons (Fsp3) is 0.600. The molecule has 0 aliphatic carbocycles. The Bertz CT molecular complexity index is 430. The minimum absolute atomic E-state index is 0.213. The van der Waals surface area contributed by atoms with Gasteiger partial charge in [-0.25, -0.2) is 0 Å².